The van der Waals surface area contributed by atoms with Crippen LogP contribution in [0.1, 0.15) is 33.5 Å². The molecule has 24 heavy (non-hydrogen) atoms. The van der Waals surface area contributed by atoms with Gasteiger partial charge in [-0.2, -0.15) is 3.97 Å². The minimum Gasteiger partial charge on any atom is -0.328 e. The van der Waals surface area contributed by atoms with Gasteiger partial charge < -0.3 is 4.57 Å². The number of rotatable bonds is 4. The lowest BCUT2D eigenvalue weighted by molar-refractivity contribution is -0.670. The molecule has 0 fully saturated rings. The first-order valence-electron chi connectivity index (χ1n) is 8.26. The van der Waals surface area contributed by atoms with Crippen LogP contribution in [0.4, 0.5) is 5.69 Å². The molecule has 0 N–H and O–H groups in total. The quantitative estimate of drug-likeness (QED) is 0.536. The van der Waals surface area contributed by atoms with Crippen molar-refractivity contribution < 1.29 is 4.57 Å². The minimum absolute atomic E-state index is 0.0374. The summed E-state index contributed by atoms with van der Waals surface area (Å²) in [6, 6.07) is 6.52. The van der Waals surface area contributed by atoms with Crippen LogP contribution in [0.5, 0.6) is 0 Å². The highest BCUT2D eigenvalue weighted by Crippen LogP contribution is 2.30. The van der Waals surface area contributed by atoms with Crippen LogP contribution in [0.3, 0.4) is 0 Å². The van der Waals surface area contributed by atoms with Crippen molar-refractivity contribution in [3.63, 3.8) is 0 Å². The highest BCUT2D eigenvalue weighted by atomic mass is 32.2. The van der Waals surface area contributed by atoms with Crippen LogP contribution in [-0.2, 0) is 19.0 Å². The monoisotopic (exact) mass is 344 g/mol. The summed E-state index contributed by atoms with van der Waals surface area (Å²) in [6.45, 7) is 9.77. The zero-order valence-corrected chi connectivity index (χ0v) is 16.1. The van der Waals surface area contributed by atoms with Gasteiger partial charge >= 0.3 is 0 Å². The molecule has 128 valence electrons. The smallest absolute Gasteiger partial charge is 0.256 e. The third-order valence-corrected chi connectivity index (χ3v) is 4.90. The van der Waals surface area contributed by atoms with E-state index in [-0.39, 0.29) is 5.41 Å². The summed E-state index contributed by atoms with van der Waals surface area (Å²) < 4.78 is 8.58. The number of benzene rings is 1. The van der Waals surface area contributed by atoms with Crippen LogP contribution in [0, 0.1) is 0 Å². The number of aromatic nitrogens is 4. The number of nitrogens with zero attached hydrogens (tertiary/aromatic N) is 5. The predicted molar refractivity (Wildman–Crippen MR) is 101 cm³/mol. The van der Waals surface area contributed by atoms with E-state index in [1.807, 2.05) is 30.3 Å². The Balaban J connectivity index is 1.96. The fourth-order valence-corrected chi connectivity index (χ4v) is 3.66. The zero-order valence-electron chi connectivity index (χ0n) is 15.3. The van der Waals surface area contributed by atoms with Gasteiger partial charge in [-0.25, -0.2) is 9.55 Å². The molecular formula is C18H26N5S+. The molecular weight excluding hydrogens is 318 g/mol. The first-order chi connectivity index (χ1) is 11.3. The first-order valence-corrected chi connectivity index (χ1v) is 8.99. The van der Waals surface area contributed by atoms with Gasteiger partial charge in [-0.05, 0) is 25.1 Å². The van der Waals surface area contributed by atoms with Gasteiger partial charge in [-0.15, -0.1) is 0 Å². The summed E-state index contributed by atoms with van der Waals surface area (Å²) in [5.74, 6) is 1.14. The Bertz CT molecular complexity index is 856. The largest absolute Gasteiger partial charge is 0.328 e. The normalized spacial score (nSPS) is 12.1. The lowest BCUT2D eigenvalue weighted by Gasteiger charge is -2.19. The van der Waals surface area contributed by atoms with E-state index < -0.39 is 0 Å². The molecule has 0 aliphatic heterocycles. The number of anilines is 1. The maximum Gasteiger partial charge on any atom is 0.256 e. The molecule has 0 radical (unpaired) electrons. The summed E-state index contributed by atoms with van der Waals surface area (Å²) in [5, 5.41) is 0. The molecule has 3 rings (SSSR count). The second-order valence-electron chi connectivity index (χ2n) is 7.12. The maximum atomic E-state index is 4.93. The van der Waals surface area contributed by atoms with Crippen molar-refractivity contribution in [3.05, 3.63) is 42.7 Å². The molecule has 0 bridgehead atoms. The van der Waals surface area contributed by atoms with Crippen LogP contribution in [-0.4, -0.2) is 20.6 Å². The van der Waals surface area contributed by atoms with Gasteiger partial charge in [0.1, 0.15) is 18.2 Å². The number of imidazole rings is 2. The van der Waals surface area contributed by atoms with Crippen molar-refractivity contribution in [2.45, 2.75) is 39.7 Å². The van der Waals surface area contributed by atoms with Crippen LogP contribution >= 0.6 is 12.1 Å². The molecule has 0 aliphatic carbocycles. The fraction of sp³-hybridized carbons (Fsp3) is 0.444. The van der Waals surface area contributed by atoms with E-state index in [2.05, 4.69) is 65.8 Å². The molecule has 2 aromatic heterocycles. The lowest BCUT2D eigenvalue weighted by atomic mass is 9.96. The Morgan fingerprint density at radius 3 is 2.62 bits per heavy atom. The van der Waals surface area contributed by atoms with Gasteiger partial charge in [0.05, 0.1) is 23.8 Å². The summed E-state index contributed by atoms with van der Waals surface area (Å²) in [4.78, 5) is 4.93. The summed E-state index contributed by atoms with van der Waals surface area (Å²) in [7, 11) is 4.10. The van der Waals surface area contributed by atoms with Crippen LogP contribution in [0.2, 0.25) is 0 Å². The fourth-order valence-electron chi connectivity index (χ4n) is 2.87. The SMILES string of the molecule is CCn1c(C(C)(C)C)nc2cc(N(C)Sn3cc[n+](C)c3)ccc21. The van der Waals surface area contributed by atoms with E-state index in [1.165, 1.54) is 5.52 Å². The second-order valence-corrected chi connectivity index (χ2v) is 8.25. The molecule has 5 nitrogen and oxygen atoms in total. The molecule has 0 saturated carbocycles. The molecule has 0 aliphatic rings. The van der Waals surface area contributed by atoms with E-state index in [9.17, 15) is 0 Å². The van der Waals surface area contributed by atoms with Crippen molar-refractivity contribution >= 4 is 28.9 Å². The molecule has 0 unspecified atom stereocenters. The number of fused-ring (bicyclic) bond motifs is 1. The molecule has 2 heterocycles. The van der Waals surface area contributed by atoms with Gasteiger partial charge in [0.2, 0.25) is 0 Å². The molecule has 1 aromatic carbocycles. The van der Waals surface area contributed by atoms with Crippen molar-refractivity contribution in [2.75, 3.05) is 11.4 Å². The number of hydrogen-bond acceptors (Lipinski definition) is 3. The van der Waals surface area contributed by atoms with E-state index in [0.717, 1.165) is 23.6 Å². The Labute approximate surface area is 148 Å². The van der Waals surface area contributed by atoms with E-state index in [0.29, 0.717) is 0 Å². The van der Waals surface area contributed by atoms with Gasteiger partial charge in [0, 0.05) is 19.0 Å². The summed E-state index contributed by atoms with van der Waals surface area (Å²) in [6.07, 6.45) is 6.12. The van der Waals surface area contributed by atoms with E-state index in [4.69, 9.17) is 4.98 Å². The molecule has 0 amide bonds. The third kappa shape index (κ3) is 3.15. The minimum atomic E-state index is 0.0374. The Morgan fingerprint density at radius 1 is 1.29 bits per heavy atom. The third-order valence-electron chi connectivity index (χ3n) is 4.04. The average Bonchev–Trinajstić information content (AvgIpc) is 3.09. The van der Waals surface area contributed by atoms with Gasteiger partial charge in [-0.3, -0.25) is 4.31 Å². The molecule has 0 saturated heterocycles. The Kier molecular flexibility index (Phi) is 4.34. The Hall–Kier alpha value is -1.95. The van der Waals surface area contributed by atoms with Crippen molar-refractivity contribution in [1.29, 1.82) is 0 Å². The number of hydrogen-bond donors (Lipinski definition) is 0. The summed E-state index contributed by atoms with van der Waals surface area (Å²) >= 11 is 1.64. The van der Waals surface area contributed by atoms with Crippen molar-refractivity contribution in [2.24, 2.45) is 7.05 Å². The molecule has 0 atom stereocenters. The van der Waals surface area contributed by atoms with Crippen LogP contribution in [0.15, 0.2) is 36.9 Å². The maximum absolute atomic E-state index is 4.93. The molecule has 0 spiro atoms. The van der Waals surface area contributed by atoms with E-state index in [1.54, 1.807) is 12.1 Å². The van der Waals surface area contributed by atoms with Gasteiger partial charge in [0.25, 0.3) is 6.33 Å². The first kappa shape index (κ1) is 16.9. The average molecular weight is 345 g/mol. The standard InChI is InChI=1S/C18H26N5S/c1-7-23-16-9-8-14(12-15(16)19-17(23)18(2,3)4)21(6)24-22-11-10-20(5)13-22/h8-13H,7H2,1-6H3/q+1. The van der Waals surface area contributed by atoms with E-state index >= 15 is 0 Å². The van der Waals surface area contributed by atoms with Crippen LogP contribution in [0.25, 0.3) is 11.0 Å². The zero-order chi connectivity index (χ0) is 17.5. The highest BCUT2D eigenvalue weighted by Gasteiger charge is 2.22. The van der Waals surface area contributed by atoms with Crippen molar-refractivity contribution in [3.8, 4) is 0 Å². The van der Waals surface area contributed by atoms with Crippen LogP contribution < -0.4 is 8.87 Å². The summed E-state index contributed by atoms with van der Waals surface area (Å²) in [5.41, 5.74) is 3.45. The highest BCUT2D eigenvalue weighted by molar-refractivity contribution is 7.99. The molecule has 6 heteroatoms. The number of aryl methyl sites for hydroxylation is 2. The lowest BCUT2D eigenvalue weighted by Crippen LogP contribution is -2.23. The van der Waals surface area contributed by atoms with Gasteiger partial charge in [0.15, 0.2) is 12.1 Å². The second kappa shape index (κ2) is 6.16. The van der Waals surface area contributed by atoms with Gasteiger partial charge in [-0.1, -0.05) is 20.8 Å². The predicted octanol–water partition coefficient (Wildman–Crippen LogP) is 3.53. The topological polar surface area (TPSA) is 29.9 Å². The Morgan fingerprint density at radius 2 is 2.04 bits per heavy atom. The molecule has 3 aromatic rings. The van der Waals surface area contributed by atoms with Crippen molar-refractivity contribution in [1.82, 2.24) is 13.5 Å².